The van der Waals surface area contributed by atoms with E-state index in [1.165, 1.54) is 0 Å². The van der Waals surface area contributed by atoms with Crippen molar-refractivity contribution < 1.29 is 4.58 Å². The molecule has 19 heavy (non-hydrogen) atoms. The molecule has 2 aromatic carbocycles. The van der Waals surface area contributed by atoms with Gasteiger partial charge in [0.25, 0.3) is 0 Å². The van der Waals surface area contributed by atoms with Gasteiger partial charge in [0.1, 0.15) is 14.1 Å². The molecule has 0 fully saturated rings. The minimum absolute atomic E-state index is 0.764. The highest BCUT2D eigenvalue weighted by Crippen LogP contribution is 2.28. The largest absolute Gasteiger partial charge is 0.241 e. The Morgan fingerprint density at radius 1 is 0.842 bits per heavy atom. The molecule has 0 spiro atoms. The van der Waals surface area contributed by atoms with Crippen LogP contribution in [-0.4, -0.2) is 24.9 Å². The number of halogens is 1. The maximum atomic E-state index is 6.57. The summed E-state index contributed by atoms with van der Waals surface area (Å²) in [6.07, 6.45) is 2.05. The molecule has 0 aliphatic heterocycles. The molecule has 0 saturated heterocycles. The first-order valence-corrected chi connectivity index (χ1v) is 6.58. The second kappa shape index (κ2) is 6.35. The fraction of sp³-hybridized carbons (Fsp3) is 0.118. The van der Waals surface area contributed by atoms with Crippen LogP contribution in [0.4, 0.5) is 0 Å². The zero-order valence-corrected chi connectivity index (χ0v) is 11.9. The molecule has 0 aliphatic rings. The first kappa shape index (κ1) is 13.6. The fourth-order valence-corrected chi connectivity index (χ4v) is 2.16. The zero-order valence-electron chi connectivity index (χ0n) is 11.2. The maximum Gasteiger partial charge on any atom is 0.172 e. The summed E-state index contributed by atoms with van der Waals surface area (Å²) in [4.78, 5) is 0. The number of benzene rings is 2. The van der Waals surface area contributed by atoms with Crippen LogP contribution < -0.4 is 0 Å². The topological polar surface area (TPSA) is 3.01 Å². The summed E-state index contributed by atoms with van der Waals surface area (Å²) in [6, 6.07) is 20.2. The van der Waals surface area contributed by atoms with E-state index >= 15 is 0 Å². The summed E-state index contributed by atoms with van der Waals surface area (Å²) in [5.74, 6) is 0. The van der Waals surface area contributed by atoms with E-state index in [4.69, 9.17) is 11.6 Å². The Morgan fingerprint density at radius 2 is 1.32 bits per heavy atom. The standard InChI is InChI=1S/C17H17ClN/c1-19(2)13-16(14-9-5-3-6-10-14)17(18)15-11-7-4-8-12-15/h3-13H,1-2H3/q+1/b17-16-. The highest BCUT2D eigenvalue weighted by atomic mass is 35.5. The van der Waals surface area contributed by atoms with Crippen LogP contribution in [0.5, 0.6) is 0 Å². The van der Waals surface area contributed by atoms with Gasteiger partial charge in [0.2, 0.25) is 0 Å². The first-order valence-electron chi connectivity index (χ1n) is 6.20. The lowest BCUT2D eigenvalue weighted by atomic mass is 10.0. The van der Waals surface area contributed by atoms with Gasteiger partial charge in [0.15, 0.2) is 6.21 Å². The van der Waals surface area contributed by atoms with Gasteiger partial charge in [-0.2, -0.15) is 0 Å². The lowest BCUT2D eigenvalue weighted by Gasteiger charge is -2.06. The van der Waals surface area contributed by atoms with Crippen molar-refractivity contribution in [2.24, 2.45) is 0 Å². The lowest BCUT2D eigenvalue weighted by Crippen LogP contribution is -2.02. The predicted molar refractivity (Wildman–Crippen MR) is 83.7 cm³/mol. The first-order chi connectivity index (χ1) is 9.18. The molecule has 0 heterocycles. The van der Waals surface area contributed by atoms with E-state index in [9.17, 15) is 0 Å². The van der Waals surface area contributed by atoms with Crippen molar-refractivity contribution in [1.82, 2.24) is 0 Å². The summed E-state index contributed by atoms with van der Waals surface area (Å²) >= 11 is 6.57. The molecule has 0 unspecified atom stereocenters. The van der Waals surface area contributed by atoms with Gasteiger partial charge < -0.3 is 0 Å². The Balaban J connectivity index is 2.58. The molecule has 0 atom stereocenters. The van der Waals surface area contributed by atoms with Gasteiger partial charge in [-0.15, -0.1) is 0 Å². The molecule has 1 nitrogen and oxygen atoms in total. The van der Waals surface area contributed by atoms with Gasteiger partial charge in [-0.05, 0) is 11.1 Å². The van der Waals surface area contributed by atoms with Crippen LogP contribution in [0.15, 0.2) is 60.7 Å². The summed E-state index contributed by atoms with van der Waals surface area (Å²) < 4.78 is 2.01. The van der Waals surface area contributed by atoms with Crippen molar-refractivity contribution in [3.63, 3.8) is 0 Å². The molecule has 0 radical (unpaired) electrons. The molecule has 2 heteroatoms. The molecule has 0 aliphatic carbocycles. The van der Waals surface area contributed by atoms with Crippen molar-refractivity contribution in [1.29, 1.82) is 0 Å². The second-order valence-corrected chi connectivity index (χ2v) is 4.93. The van der Waals surface area contributed by atoms with Crippen LogP contribution in [0.25, 0.3) is 10.6 Å². The van der Waals surface area contributed by atoms with Gasteiger partial charge in [0.05, 0.1) is 10.6 Å². The van der Waals surface area contributed by atoms with E-state index in [2.05, 4.69) is 12.1 Å². The van der Waals surface area contributed by atoms with Gasteiger partial charge >= 0.3 is 0 Å². The van der Waals surface area contributed by atoms with Crippen molar-refractivity contribution in [2.75, 3.05) is 14.1 Å². The summed E-state index contributed by atoms with van der Waals surface area (Å²) in [6.45, 7) is 0. The van der Waals surface area contributed by atoms with E-state index in [0.717, 1.165) is 21.7 Å². The highest BCUT2D eigenvalue weighted by Gasteiger charge is 2.10. The van der Waals surface area contributed by atoms with Crippen LogP contribution >= 0.6 is 11.6 Å². The third kappa shape index (κ3) is 3.55. The number of nitrogens with zero attached hydrogens (tertiary/aromatic N) is 1. The summed E-state index contributed by atoms with van der Waals surface area (Å²) in [5.41, 5.74) is 3.17. The molecule has 96 valence electrons. The lowest BCUT2D eigenvalue weighted by molar-refractivity contribution is -0.458. The van der Waals surface area contributed by atoms with Crippen molar-refractivity contribution in [3.8, 4) is 0 Å². The molecule has 0 amide bonds. The predicted octanol–water partition coefficient (Wildman–Crippen LogP) is 4.14. The average Bonchev–Trinajstić information content (AvgIpc) is 2.46. The Hall–Kier alpha value is -1.86. The van der Waals surface area contributed by atoms with Crippen LogP contribution in [0.1, 0.15) is 11.1 Å². The monoisotopic (exact) mass is 270 g/mol. The molecule has 0 bridgehead atoms. The number of rotatable bonds is 3. The van der Waals surface area contributed by atoms with Crippen molar-refractivity contribution >= 4 is 28.4 Å². The number of hydrogen-bond donors (Lipinski definition) is 0. The maximum absolute atomic E-state index is 6.57. The average molecular weight is 271 g/mol. The van der Waals surface area contributed by atoms with Crippen LogP contribution in [0, 0.1) is 0 Å². The molecule has 2 rings (SSSR count). The van der Waals surface area contributed by atoms with E-state index < -0.39 is 0 Å². The van der Waals surface area contributed by atoms with Gasteiger partial charge in [-0.3, -0.25) is 0 Å². The van der Waals surface area contributed by atoms with Gasteiger partial charge in [-0.1, -0.05) is 72.3 Å². The van der Waals surface area contributed by atoms with Crippen LogP contribution in [0.2, 0.25) is 0 Å². The van der Waals surface area contributed by atoms with E-state index in [0.29, 0.717) is 0 Å². The van der Waals surface area contributed by atoms with E-state index in [-0.39, 0.29) is 0 Å². The third-order valence-electron chi connectivity index (χ3n) is 2.74. The van der Waals surface area contributed by atoms with Crippen molar-refractivity contribution in [3.05, 3.63) is 71.8 Å². The summed E-state index contributed by atoms with van der Waals surface area (Å²) in [5, 5.41) is 0.764. The van der Waals surface area contributed by atoms with Gasteiger partial charge in [0, 0.05) is 0 Å². The minimum Gasteiger partial charge on any atom is -0.241 e. The Labute approximate surface area is 119 Å². The summed E-state index contributed by atoms with van der Waals surface area (Å²) in [7, 11) is 4.00. The van der Waals surface area contributed by atoms with E-state index in [1.807, 2.05) is 73.4 Å². The van der Waals surface area contributed by atoms with Crippen molar-refractivity contribution in [2.45, 2.75) is 0 Å². The quantitative estimate of drug-likeness (QED) is 0.448. The third-order valence-corrected chi connectivity index (χ3v) is 3.16. The highest BCUT2D eigenvalue weighted by molar-refractivity contribution is 6.55. The van der Waals surface area contributed by atoms with Crippen LogP contribution in [-0.2, 0) is 0 Å². The smallest absolute Gasteiger partial charge is 0.172 e. The van der Waals surface area contributed by atoms with Crippen LogP contribution in [0.3, 0.4) is 0 Å². The molecule has 0 saturated carbocycles. The second-order valence-electron chi connectivity index (χ2n) is 4.55. The number of hydrogen-bond acceptors (Lipinski definition) is 0. The van der Waals surface area contributed by atoms with E-state index in [1.54, 1.807) is 0 Å². The molecule has 0 aromatic heterocycles. The Bertz CT molecular complexity index is 594. The number of allylic oxidation sites excluding steroid dienone is 1. The molecule has 0 N–H and O–H groups in total. The normalized spacial score (nSPS) is 11.7. The fourth-order valence-electron chi connectivity index (χ4n) is 1.87. The SMILES string of the molecule is C[N+](C)=C/C(=C(/Cl)c1ccccc1)c1ccccc1. The Morgan fingerprint density at radius 3 is 1.79 bits per heavy atom. The zero-order chi connectivity index (χ0) is 13.7. The van der Waals surface area contributed by atoms with Gasteiger partial charge in [-0.25, -0.2) is 4.58 Å². The molecule has 2 aromatic rings. The Kier molecular flexibility index (Phi) is 4.53. The molecular weight excluding hydrogens is 254 g/mol. The molecular formula is C17H17ClN+. The minimum atomic E-state index is 0.764.